The predicted octanol–water partition coefficient (Wildman–Crippen LogP) is 4.86. The molecule has 0 radical (unpaired) electrons. The summed E-state index contributed by atoms with van der Waals surface area (Å²) in [7, 11) is 0. The average Bonchev–Trinajstić information content (AvgIpc) is 2.90. The largest absolute Gasteiger partial charge is 0.306 e. The lowest BCUT2D eigenvalue weighted by atomic mass is 10.1. The molecule has 0 bridgehead atoms. The first kappa shape index (κ1) is 13.1. The van der Waals surface area contributed by atoms with E-state index in [1.807, 2.05) is 6.07 Å². The second-order valence-electron chi connectivity index (χ2n) is 3.95. The number of rotatable bonds is 5. The molecular weight excluding hydrogens is 270 g/mol. The molecule has 0 aliphatic carbocycles. The number of halogens is 1. The lowest BCUT2D eigenvalue weighted by molar-refractivity contribution is 0.605. The highest BCUT2D eigenvalue weighted by molar-refractivity contribution is 7.11. The van der Waals surface area contributed by atoms with Gasteiger partial charge in [-0.15, -0.1) is 22.7 Å². The van der Waals surface area contributed by atoms with Crippen LogP contribution in [0, 0.1) is 6.92 Å². The van der Waals surface area contributed by atoms with Gasteiger partial charge >= 0.3 is 0 Å². The van der Waals surface area contributed by atoms with Crippen molar-refractivity contribution in [3.8, 4) is 0 Å². The molecule has 0 fully saturated rings. The molecule has 4 heteroatoms. The summed E-state index contributed by atoms with van der Waals surface area (Å²) in [6.07, 6.45) is 1.13. The van der Waals surface area contributed by atoms with E-state index >= 15 is 0 Å². The zero-order chi connectivity index (χ0) is 12.3. The number of hydrogen-bond donors (Lipinski definition) is 1. The minimum absolute atomic E-state index is 0.244. The summed E-state index contributed by atoms with van der Waals surface area (Å²) >= 11 is 9.77. The minimum atomic E-state index is 0.244. The van der Waals surface area contributed by atoms with Crippen molar-refractivity contribution >= 4 is 34.3 Å². The van der Waals surface area contributed by atoms with Gasteiger partial charge in [0.05, 0.1) is 11.1 Å². The minimum Gasteiger partial charge on any atom is -0.306 e. The number of nitrogens with one attached hydrogen (secondary N) is 1. The molecule has 2 aromatic heterocycles. The van der Waals surface area contributed by atoms with Crippen LogP contribution in [-0.4, -0.2) is 6.54 Å². The van der Waals surface area contributed by atoms with Crippen LogP contribution in [0.4, 0.5) is 0 Å². The van der Waals surface area contributed by atoms with Crippen molar-refractivity contribution < 1.29 is 0 Å². The second-order valence-corrected chi connectivity index (χ2v) is 6.43. The Morgan fingerprint density at radius 2 is 2.06 bits per heavy atom. The highest BCUT2D eigenvalue weighted by Gasteiger charge is 2.19. The molecule has 2 aromatic rings. The Kier molecular flexibility index (Phi) is 4.62. The van der Waals surface area contributed by atoms with E-state index in [1.54, 1.807) is 22.7 Å². The summed E-state index contributed by atoms with van der Waals surface area (Å²) in [5.41, 5.74) is 1.35. The lowest BCUT2D eigenvalue weighted by Crippen LogP contribution is -2.22. The van der Waals surface area contributed by atoms with Gasteiger partial charge in [-0.05, 0) is 48.3 Å². The third kappa shape index (κ3) is 2.91. The third-order valence-electron chi connectivity index (χ3n) is 2.72. The fourth-order valence-electron chi connectivity index (χ4n) is 1.84. The monoisotopic (exact) mass is 285 g/mol. The topological polar surface area (TPSA) is 12.0 Å². The van der Waals surface area contributed by atoms with Crippen molar-refractivity contribution in [3.63, 3.8) is 0 Å². The number of hydrogen-bond acceptors (Lipinski definition) is 3. The van der Waals surface area contributed by atoms with Crippen LogP contribution in [-0.2, 0) is 0 Å². The maximum absolute atomic E-state index is 6.26. The Balaban J connectivity index is 2.32. The zero-order valence-corrected chi connectivity index (χ0v) is 12.4. The Morgan fingerprint density at radius 3 is 2.59 bits per heavy atom. The van der Waals surface area contributed by atoms with E-state index in [0.29, 0.717) is 0 Å². The van der Waals surface area contributed by atoms with Crippen LogP contribution < -0.4 is 5.32 Å². The van der Waals surface area contributed by atoms with Crippen LogP contribution in [0.3, 0.4) is 0 Å². The fourth-order valence-corrected chi connectivity index (χ4v) is 3.84. The van der Waals surface area contributed by atoms with Crippen LogP contribution in [0.5, 0.6) is 0 Å². The molecule has 1 atom stereocenters. The van der Waals surface area contributed by atoms with Crippen LogP contribution in [0.2, 0.25) is 5.02 Å². The van der Waals surface area contributed by atoms with E-state index < -0.39 is 0 Å². The number of thiophene rings is 2. The summed E-state index contributed by atoms with van der Waals surface area (Å²) in [5, 5.41) is 8.66. The fraction of sp³-hybridized carbons (Fsp3) is 0.385. The summed E-state index contributed by atoms with van der Waals surface area (Å²) in [4.78, 5) is 2.59. The highest BCUT2D eigenvalue weighted by Crippen LogP contribution is 2.35. The molecule has 2 heterocycles. The third-order valence-corrected chi connectivity index (χ3v) is 5.00. The van der Waals surface area contributed by atoms with Gasteiger partial charge in [-0.3, -0.25) is 0 Å². The predicted molar refractivity (Wildman–Crippen MR) is 78.5 cm³/mol. The van der Waals surface area contributed by atoms with Crippen LogP contribution in [0.1, 0.15) is 34.7 Å². The molecule has 0 amide bonds. The van der Waals surface area contributed by atoms with Crippen molar-refractivity contribution in [2.45, 2.75) is 26.3 Å². The molecule has 0 saturated heterocycles. The Labute approximate surface area is 115 Å². The summed E-state index contributed by atoms with van der Waals surface area (Å²) in [5.74, 6) is 0. The maximum atomic E-state index is 6.26. The highest BCUT2D eigenvalue weighted by atomic mass is 35.5. The maximum Gasteiger partial charge on any atom is 0.0696 e. The zero-order valence-electron chi connectivity index (χ0n) is 10.00. The quantitative estimate of drug-likeness (QED) is 0.827. The van der Waals surface area contributed by atoms with Crippen LogP contribution >= 0.6 is 34.3 Å². The van der Waals surface area contributed by atoms with E-state index in [9.17, 15) is 0 Å². The molecule has 1 N–H and O–H groups in total. The second kappa shape index (κ2) is 6.01. The van der Waals surface area contributed by atoms with Gasteiger partial charge in [0.2, 0.25) is 0 Å². The Hall–Kier alpha value is -0.350. The normalized spacial score (nSPS) is 12.9. The molecule has 17 heavy (non-hydrogen) atoms. The van der Waals surface area contributed by atoms with Gasteiger partial charge in [-0.2, -0.15) is 0 Å². The first-order valence-electron chi connectivity index (χ1n) is 5.74. The molecule has 0 spiro atoms. The number of aryl methyl sites for hydroxylation is 1. The molecule has 1 unspecified atom stereocenters. The molecular formula is C13H16ClNS2. The van der Waals surface area contributed by atoms with Gasteiger partial charge in [0.1, 0.15) is 0 Å². The first-order chi connectivity index (χ1) is 8.24. The van der Waals surface area contributed by atoms with Gasteiger partial charge < -0.3 is 5.32 Å². The van der Waals surface area contributed by atoms with Gasteiger partial charge in [0, 0.05) is 9.75 Å². The van der Waals surface area contributed by atoms with Crippen LogP contribution in [0.15, 0.2) is 22.9 Å². The first-order valence-corrected chi connectivity index (χ1v) is 7.88. The Morgan fingerprint density at radius 1 is 1.29 bits per heavy atom. The molecule has 0 aliphatic heterocycles. The average molecular weight is 286 g/mol. The van der Waals surface area contributed by atoms with Gasteiger partial charge in [0.15, 0.2) is 0 Å². The van der Waals surface area contributed by atoms with Crippen molar-refractivity contribution in [1.82, 2.24) is 5.32 Å². The van der Waals surface area contributed by atoms with Gasteiger partial charge in [0.25, 0.3) is 0 Å². The standard InChI is InChI=1S/C13H16ClNS2/c1-3-6-15-12(10-4-7-16-9(10)2)13-11(14)5-8-17-13/h4-5,7-8,12,15H,3,6H2,1-2H3. The summed E-state index contributed by atoms with van der Waals surface area (Å²) in [6, 6.07) is 4.42. The molecule has 0 saturated carbocycles. The lowest BCUT2D eigenvalue weighted by Gasteiger charge is -2.18. The Bertz CT molecular complexity index is 435. The SMILES string of the molecule is CCCNC(c1ccsc1C)c1sccc1Cl. The van der Waals surface area contributed by atoms with Gasteiger partial charge in [-0.25, -0.2) is 0 Å². The van der Waals surface area contributed by atoms with Crippen molar-refractivity contribution in [3.05, 3.63) is 43.2 Å². The molecule has 0 aliphatic rings. The molecule has 92 valence electrons. The van der Waals surface area contributed by atoms with E-state index in [0.717, 1.165) is 18.0 Å². The molecule has 1 nitrogen and oxygen atoms in total. The molecule has 2 rings (SSSR count). The van der Waals surface area contributed by atoms with E-state index in [4.69, 9.17) is 11.6 Å². The molecule has 0 aromatic carbocycles. The van der Waals surface area contributed by atoms with Gasteiger partial charge in [-0.1, -0.05) is 18.5 Å². The van der Waals surface area contributed by atoms with E-state index in [1.165, 1.54) is 15.3 Å². The van der Waals surface area contributed by atoms with Crippen molar-refractivity contribution in [1.29, 1.82) is 0 Å². The van der Waals surface area contributed by atoms with E-state index in [2.05, 4.69) is 36.0 Å². The summed E-state index contributed by atoms with van der Waals surface area (Å²) in [6.45, 7) is 5.36. The smallest absolute Gasteiger partial charge is 0.0696 e. The van der Waals surface area contributed by atoms with Crippen molar-refractivity contribution in [2.24, 2.45) is 0 Å². The van der Waals surface area contributed by atoms with E-state index in [-0.39, 0.29) is 6.04 Å². The van der Waals surface area contributed by atoms with Crippen LogP contribution in [0.25, 0.3) is 0 Å². The summed E-state index contributed by atoms with van der Waals surface area (Å²) < 4.78 is 0. The van der Waals surface area contributed by atoms with Crippen molar-refractivity contribution in [2.75, 3.05) is 6.54 Å².